The average Bonchev–Trinajstić information content (AvgIpc) is 1.37. The molecule has 0 aliphatic carbocycles. The predicted octanol–water partition coefficient (Wildman–Crippen LogP) is 0.684. The van der Waals surface area contributed by atoms with E-state index in [0.29, 0.717) is 0 Å². The van der Waals surface area contributed by atoms with Gasteiger partial charge < -0.3 is 0 Å². The summed E-state index contributed by atoms with van der Waals surface area (Å²) in [6.07, 6.45) is 0. The summed E-state index contributed by atoms with van der Waals surface area (Å²) in [6.45, 7) is 0. The lowest BCUT2D eigenvalue weighted by Gasteiger charge is -1.71. The molecule has 0 bridgehead atoms. The molecule has 0 aromatic rings. The lowest BCUT2D eigenvalue weighted by molar-refractivity contribution is 0.894. The monoisotopic (exact) mass is 81.0 g/mol. The van der Waals surface area contributed by atoms with Gasteiger partial charge in [-0.25, -0.2) is 4.20 Å². The predicted molar refractivity (Wildman–Crippen MR) is 18.5 cm³/mol. The molecule has 1 atom stereocenters. The lowest BCUT2D eigenvalue weighted by atomic mass is 11.6. The van der Waals surface area contributed by atoms with E-state index in [-0.39, 0.29) is 0 Å². The van der Waals surface area contributed by atoms with Crippen molar-refractivity contribution in [2.24, 2.45) is 0 Å². The minimum absolute atomic E-state index is 0.610. The molecule has 0 spiro atoms. The molecule has 0 heterocycles. The van der Waals surface area contributed by atoms with Crippen molar-refractivity contribution in [2.75, 3.05) is 7.05 Å². The van der Waals surface area contributed by atoms with Crippen LogP contribution in [-0.2, 0) is 0 Å². The van der Waals surface area contributed by atoms with E-state index in [1.54, 1.807) is 7.05 Å². The third-order valence-corrected chi connectivity index (χ3v) is 0.283. The normalized spacial score (nSPS) is 10.5. The van der Waals surface area contributed by atoms with E-state index in [4.69, 9.17) is 0 Å². The zero-order valence-corrected chi connectivity index (χ0v) is 3.38. The minimum atomic E-state index is -0.610. The van der Waals surface area contributed by atoms with Gasteiger partial charge in [0.25, 0.3) is 0 Å². The van der Waals surface area contributed by atoms with Gasteiger partial charge in [0.1, 0.15) is 9.04 Å². The van der Waals surface area contributed by atoms with Crippen LogP contribution in [0, 0.1) is 0 Å². The third-order valence-electron chi connectivity index (χ3n) is 0.0945. The van der Waals surface area contributed by atoms with Crippen LogP contribution >= 0.6 is 9.04 Å². The van der Waals surface area contributed by atoms with Gasteiger partial charge in [0, 0.05) is 0 Å². The molecule has 4 heavy (non-hydrogen) atoms. The Morgan fingerprint density at radius 1 is 2.00 bits per heavy atom. The van der Waals surface area contributed by atoms with Crippen LogP contribution in [0.25, 0.3) is 0 Å². The molecule has 0 saturated heterocycles. The van der Waals surface area contributed by atoms with Gasteiger partial charge in [0.05, 0.1) is 0 Å². The lowest BCUT2D eigenvalue weighted by Crippen LogP contribution is -1.79. The summed E-state index contributed by atoms with van der Waals surface area (Å²) in [5, 5.41) is 2.29. The summed E-state index contributed by atoms with van der Waals surface area (Å²) >= 11 is 0. The van der Waals surface area contributed by atoms with Crippen molar-refractivity contribution in [3.63, 3.8) is 0 Å². The van der Waals surface area contributed by atoms with E-state index in [9.17, 15) is 4.20 Å². The maximum atomic E-state index is 10.6. The smallest absolute Gasteiger partial charge is 0.139 e. The molecule has 0 rings (SSSR count). The van der Waals surface area contributed by atoms with Crippen molar-refractivity contribution < 1.29 is 4.20 Å². The molecule has 0 amide bonds. The highest BCUT2D eigenvalue weighted by Crippen LogP contribution is 1.96. The first kappa shape index (κ1) is 4.32. The highest BCUT2D eigenvalue weighted by molar-refractivity contribution is 7.29. The summed E-state index contributed by atoms with van der Waals surface area (Å²) in [6, 6.07) is 0. The first-order chi connectivity index (χ1) is 1.91. The van der Waals surface area contributed by atoms with Gasteiger partial charge >= 0.3 is 0 Å². The molecule has 0 radical (unpaired) electrons. The fraction of sp³-hybridized carbons (Fsp3) is 1.00. The van der Waals surface area contributed by atoms with Crippen LogP contribution < -0.4 is 5.09 Å². The molecule has 0 aromatic heterocycles. The molecule has 0 aliphatic heterocycles. The van der Waals surface area contributed by atoms with Crippen molar-refractivity contribution in [3.05, 3.63) is 0 Å². The van der Waals surface area contributed by atoms with E-state index >= 15 is 0 Å². The quantitative estimate of drug-likeness (QED) is 0.458. The minimum Gasteiger partial charge on any atom is -0.275 e. The van der Waals surface area contributed by atoms with Crippen LogP contribution in [0.3, 0.4) is 0 Å². The number of hydrogen-bond donors (Lipinski definition) is 1. The maximum Gasteiger partial charge on any atom is 0.139 e. The van der Waals surface area contributed by atoms with Gasteiger partial charge in [0.2, 0.25) is 0 Å². The van der Waals surface area contributed by atoms with Crippen molar-refractivity contribution in [2.45, 2.75) is 0 Å². The second kappa shape index (κ2) is 3.32. The highest BCUT2D eigenvalue weighted by atomic mass is 31.1. The Labute approximate surface area is 26.5 Å². The molecular formula is CH5FNP. The molecule has 0 aliphatic rings. The number of rotatable bonds is 1. The van der Waals surface area contributed by atoms with Crippen LogP contribution in [0.1, 0.15) is 0 Å². The molecular weight excluding hydrogens is 76.0 g/mol. The number of halogens is 1. The average molecular weight is 81.0 g/mol. The number of hydrogen-bond acceptors (Lipinski definition) is 1. The van der Waals surface area contributed by atoms with Crippen LogP contribution in [0.5, 0.6) is 0 Å². The first-order valence-electron chi connectivity index (χ1n) is 0.939. The van der Waals surface area contributed by atoms with Crippen molar-refractivity contribution >= 4 is 9.04 Å². The van der Waals surface area contributed by atoms with Gasteiger partial charge in [-0.3, -0.25) is 5.09 Å². The fourth-order valence-electron chi connectivity index (χ4n) is 0. The molecule has 1 unspecified atom stereocenters. The Balaban J connectivity index is 1.97. The van der Waals surface area contributed by atoms with Gasteiger partial charge in [-0.15, -0.1) is 0 Å². The molecule has 0 aromatic carbocycles. The zero-order chi connectivity index (χ0) is 3.41. The summed E-state index contributed by atoms with van der Waals surface area (Å²) in [5.41, 5.74) is 0. The second-order valence-electron chi connectivity index (χ2n) is 0.344. The van der Waals surface area contributed by atoms with E-state index in [1.807, 2.05) is 0 Å². The van der Waals surface area contributed by atoms with E-state index in [0.717, 1.165) is 0 Å². The number of nitrogens with one attached hydrogen (secondary N) is 1. The van der Waals surface area contributed by atoms with Crippen LogP contribution in [-0.4, -0.2) is 7.05 Å². The van der Waals surface area contributed by atoms with Crippen molar-refractivity contribution in [1.82, 2.24) is 5.09 Å². The van der Waals surface area contributed by atoms with Gasteiger partial charge in [-0.2, -0.15) is 0 Å². The second-order valence-corrected chi connectivity index (χ2v) is 1.03. The fourth-order valence-corrected chi connectivity index (χ4v) is 0. The molecule has 1 nitrogen and oxygen atoms in total. The maximum absolute atomic E-state index is 10.6. The Hall–Kier alpha value is 0.320. The highest BCUT2D eigenvalue weighted by Gasteiger charge is 1.55. The SMILES string of the molecule is CNPF. The standard InChI is InChI=1S/CH5FNP/c1-3-4-2/h3-4H,1H3. The molecule has 0 fully saturated rings. The van der Waals surface area contributed by atoms with Crippen molar-refractivity contribution in [3.8, 4) is 0 Å². The first-order valence-corrected chi connectivity index (χ1v) is 1.82. The molecule has 26 valence electrons. The van der Waals surface area contributed by atoms with Crippen LogP contribution in [0.15, 0.2) is 0 Å². The van der Waals surface area contributed by atoms with Gasteiger partial charge in [-0.05, 0) is 7.05 Å². The zero-order valence-electron chi connectivity index (χ0n) is 2.38. The Bertz CT molecular complexity index is 10.0. The molecule has 0 saturated carbocycles. The van der Waals surface area contributed by atoms with Crippen LogP contribution in [0.2, 0.25) is 0 Å². The Morgan fingerprint density at radius 3 is 2.25 bits per heavy atom. The summed E-state index contributed by atoms with van der Waals surface area (Å²) < 4.78 is 10.6. The topological polar surface area (TPSA) is 12.0 Å². The van der Waals surface area contributed by atoms with Gasteiger partial charge in [0.15, 0.2) is 0 Å². The van der Waals surface area contributed by atoms with Gasteiger partial charge in [-0.1, -0.05) is 0 Å². The summed E-state index contributed by atoms with van der Waals surface area (Å²) in [5.74, 6) is 0. The summed E-state index contributed by atoms with van der Waals surface area (Å²) in [7, 11) is 0.958. The Morgan fingerprint density at radius 2 is 2.25 bits per heavy atom. The Kier molecular flexibility index (Phi) is 3.59. The van der Waals surface area contributed by atoms with E-state index in [2.05, 4.69) is 5.09 Å². The van der Waals surface area contributed by atoms with Crippen molar-refractivity contribution in [1.29, 1.82) is 0 Å². The molecule has 3 heteroatoms. The summed E-state index contributed by atoms with van der Waals surface area (Å²) in [4.78, 5) is 0. The largest absolute Gasteiger partial charge is 0.275 e. The van der Waals surface area contributed by atoms with E-state index < -0.39 is 9.04 Å². The van der Waals surface area contributed by atoms with Crippen LogP contribution in [0.4, 0.5) is 4.20 Å². The van der Waals surface area contributed by atoms with E-state index in [1.165, 1.54) is 0 Å². The molecule has 1 N–H and O–H groups in total. The third kappa shape index (κ3) is 2.32.